The smallest absolute Gasteiger partial charge is 0.124 e. The van der Waals surface area contributed by atoms with Crippen LogP contribution in [0.25, 0.3) is 0 Å². The SMILES string of the molecule is COc1ccc(OC)c(C(N)c2ccccc2Cl)c1. The Hall–Kier alpha value is -1.71. The lowest BCUT2D eigenvalue weighted by Gasteiger charge is -2.18. The molecule has 0 aliphatic carbocycles. The Bertz CT molecular complexity index is 572. The quantitative estimate of drug-likeness (QED) is 0.931. The van der Waals surface area contributed by atoms with Crippen LogP contribution in [0.3, 0.4) is 0 Å². The van der Waals surface area contributed by atoms with Gasteiger partial charge in [0.05, 0.1) is 20.3 Å². The molecule has 19 heavy (non-hydrogen) atoms. The Morgan fingerprint density at radius 2 is 1.74 bits per heavy atom. The van der Waals surface area contributed by atoms with E-state index in [4.69, 9.17) is 26.8 Å². The van der Waals surface area contributed by atoms with Crippen molar-refractivity contribution in [1.29, 1.82) is 0 Å². The number of ether oxygens (including phenoxy) is 2. The van der Waals surface area contributed by atoms with Gasteiger partial charge in [-0.15, -0.1) is 0 Å². The van der Waals surface area contributed by atoms with Crippen LogP contribution in [0.4, 0.5) is 0 Å². The van der Waals surface area contributed by atoms with Crippen LogP contribution in [-0.2, 0) is 0 Å². The highest BCUT2D eigenvalue weighted by atomic mass is 35.5. The second-order valence-corrected chi connectivity index (χ2v) is 4.51. The van der Waals surface area contributed by atoms with Gasteiger partial charge in [0, 0.05) is 10.6 Å². The fourth-order valence-electron chi connectivity index (χ4n) is 1.98. The van der Waals surface area contributed by atoms with E-state index in [-0.39, 0.29) is 6.04 Å². The number of methoxy groups -OCH3 is 2. The molecule has 0 spiro atoms. The van der Waals surface area contributed by atoms with E-state index in [9.17, 15) is 0 Å². The second-order valence-electron chi connectivity index (χ2n) is 4.11. The molecule has 0 aromatic heterocycles. The van der Waals surface area contributed by atoms with Gasteiger partial charge in [0.2, 0.25) is 0 Å². The highest BCUT2D eigenvalue weighted by Crippen LogP contribution is 2.34. The summed E-state index contributed by atoms with van der Waals surface area (Å²) in [6.07, 6.45) is 0. The van der Waals surface area contributed by atoms with Crippen LogP contribution in [0.15, 0.2) is 42.5 Å². The predicted octanol–water partition coefficient (Wildman–Crippen LogP) is 3.41. The highest BCUT2D eigenvalue weighted by molar-refractivity contribution is 6.31. The molecule has 2 aromatic carbocycles. The van der Waals surface area contributed by atoms with Crippen molar-refractivity contribution in [2.45, 2.75) is 6.04 Å². The molecule has 0 bridgehead atoms. The maximum Gasteiger partial charge on any atom is 0.124 e. The first-order valence-electron chi connectivity index (χ1n) is 5.89. The van der Waals surface area contributed by atoms with Gasteiger partial charge in [-0.05, 0) is 29.8 Å². The number of benzene rings is 2. The van der Waals surface area contributed by atoms with Gasteiger partial charge in [-0.3, -0.25) is 0 Å². The van der Waals surface area contributed by atoms with Crippen molar-refractivity contribution in [3.05, 3.63) is 58.6 Å². The van der Waals surface area contributed by atoms with Crippen molar-refractivity contribution in [3.8, 4) is 11.5 Å². The summed E-state index contributed by atoms with van der Waals surface area (Å²) in [7, 11) is 3.23. The van der Waals surface area contributed by atoms with Crippen molar-refractivity contribution >= 4 is 11.6 Å². The summed E-state index contributed by atoms with van der Waals surface area (Å²) < 4.78 is 10.6. The zero-order valence-corrected chi connectivity index (χ0v) is 11.6. The average Bonchev–Trinajstić information content (AvgIpc) is 2.46. The van der Waals surface area contributed by atoms with E-state index in [1.165, 1.54) is 0 Å². The van der Waals surface area contributed by atoms with Gasteiger partial charge in [-0.1, -0.05) is 29.8 Å². The minimum Gasteiger partial charge on any atom is -0.497 e. The average molecular weight is 278 g/mol. The highest BCUT2D eigenvalue weighted by Gasteiger charge is 2.17. The van der Waals surface area contributed by atoms with Gasteiger partial charge in [0.1, 0.15) is 11.5 Å². The zero-order valence-electron chi connectivity index (χ0n) is 10.9. The molecule has 2 aromatic rings. The van der Waals surface area contributed by atoms with Crippen LogP contribution >= 0.6 is 11.6 Å². The molecule has 0 radical (unpaired) electrons. The molecule has 100 valence electrons. The first kappa shape index (κ1) is 13.7. The minimum atomic E-state index is -0.362. The molecule has 4 heteroatoms. The van der Waals surface area contributed by atoms with Crippen molar-refractivity contribution in [2.24, 2.45) is 5.73 Å². The molecule has 0 saturated carbocycles. The number of hydrogen-bond donors (Lipinski definition) is 1. The standard InChI is InChI=1S/C15H16ClNO2/c1-18-10-7-8-14(19-2)12(9-10)15(17)11-5-3-4-6-13(11)16/h3-9,15H,17H2,1-2H3. The monoisotopic (exact) mass is 277 g/mol. The Morgan fingerprint density at radius 3 is 2.37 bits per heavy atom. The molecule has 2 N–H and O–H groups in total. The van der Waals surface area contributed by atoms with E-state index in [0.717, 1.165) is 16.9 Å². The summed E-state index contributed by atoms with van der Waals surface area (Å²) >= 11 is 6.19. The Morgan fingerprint density at radius 1 is 1.00 bits per heavy atom. The Labute approximate surface area is 117 Å². The molecule has 1 unspecified atom stereocenters. The van der Waals surface area contributed by atoms with Crippen LogP contribution < -0.4 is 15.2 Å². The van der Waals surface area contributed by atoms with Gasteiger partial charge in [-0.2, -0.15) is 0 Å². The molecule has 0 amide bonds. The van der Waals surface area contributed by atoms with Crippen LogP contribution in [-0.4, -0.2) is 14.2 Å². The molecule has 0 fully saturated rings. The van der Waals surface area contributed by atoms with Gasteiger partial charge in [0.15, 0.2) is 0 Å². The number of halogens is 1. The number of nitrogens with two attached hydrogens (primary N) is 1. The lowest BCUT2D eigenvalue weighted by Crippen LogP contribution is -2.13. The van der Waals surface area contributed by atoms with E-state index in [0.29, 0.717) is 10.8 Å². The lowest BCUT2D eigenvalue weighted by atomic mass is 9.98. The third kappa shape index (κ3) is 2.83. The molecule has 0 aliphatic heterocycles. The first-order chi connectivity index (χ1) is 9.17. The number of hydrogen-bond acceptors (Lipinski definition) is 3. The summed E-state index contributed by atoms with van der Waals surface area (Å²) in [4.78, 5) is 0. The van der Waals surface area contributed by atoms with E-state index >= 15 is 0 Å². The van der Waals surface area contributed by atoms with Crippen LogP contribution in [0, 0.1) is 0 Å². The van der Waals surface area contributed by atoms with E-state index in [1.807, 2.05) is 42.5 Å². The second kappa shape index (κ2) is 5.95. The van der Waals surface area contributed by atoms with Crippen molar-refractivity contribution < 1.29 is 9.47 Å². The largest absolute Gasteiger partial charge is 0.497 e. The molecule has 0 saturated heterocycles. The zero-order chi connectivity index (χ0) is 13.8. The molecule has 1 atom stereocenters. The van der Waals surface area contributed by atoms with Gasteiger partial charge < -0.3 is 15.2 Å². The molecule has 2 rings (SSSR count). The van der Waals surface area contributed by atoms with Crippen LogP contribution in [0.2, 0.25) is 5.02 Å². The summed E-state index contributed by atoms with van der Waals surface area (Å²) in [6.45, 7) is 0. The molecular weight excluding hydrogens is 262 g/mol. The van der Waals surface area contributed by atoms with Crippen molar-refractivity contribution in [3.63, 3.8) is 0 Å². The molecule has 3 nitrogen and oxygen atoms in total. The maximum absolute atomic E-state index is 6.30. The Kier molecular flexibility index (Phi) is 4.30. The molecular formula is C15H16ClNO2. The third-order valence-corrected chi connectivity index (χ3v) is 3.36. The van der Waals surface area contributed by atoms with Gasteiger partial charge in [0.25, 0.3) is 0 Å². The molecule has 0 aliphatic rings. The maximum atomic E-state index is 6.30. The lowest BCUT2D eigenvalue weighted by molar-refractivity contribution is 0.397. The van der Waals surface area contributed by atoms with E-state index < -0.39 is 0 Å². The minimum absolute atomic E-state index is 0.362. The van der Waals surface area contributed by atoms with Gasteiger partial charge >= 0.3 is 0 Å². The Balaban J connectivity index is 2.48. The topological polar surface area (TPSA) is 44.5 Å². The van der Waals surface area contributed by atoms with Crippen LogP contribution in [0.1, 0.15) is 17.2 Å². The normalized spacial score (nSPS) is 12.0. The fourth-order valence-corrected chi connectivity index (χ4v) is 2.23. The summed E-state index contributed by atoms with van der Waals surface area (Å²) in [6, 6.07) is 12.7. The summed E-state index contributed by atoms with van der Waals surface area (Å²) in [5.41, 5.74) is 8.00. The fraction of sp³-hybridized carbons (Fsp3) is 0.200. The van der Waals surface area contributed by atoms with Gasteiger partial charge in [-0.25, -0.2) is 0 Å². The first-order valence-corrected chi connectivity index (χ1v) is 6.27. The number of rotatable bonds is 4. The molecule has 0 heterocycles. The van der Waals surface area contributed by atoms with Crippen LogP contribution in [0.5, 0.6) is 11.5 Å². The van der Waals surface area contributed by atoms with Crippen molar-refractivity contribution in [2.75, 3.05) is 14.2 Å². The summed E-state index contributed by atoms with van der Waals surface area (Å²) in [5.74, 6) is 1.45. The third-order valence-electron chi connectivity index (χ3n) is 3.01. The van der Waals surface area contributed by atoms with E-state index in [1.54, 1.807) is 14.2 Å². The van der Waals surface area contributed by atoms with E-state index in [2.05, 4.69) is 0 Å². The summed E-state index contributed by atoms with van der Waals surface area (Å²) in [5, 5.41) is 0.639. The van der Waals surface area contributed by atoms with Crippen molar-refractivity contribution in [1.82, 2.24) is 0 Å². The predicted molar refractivity (Wildman–Crippen MR) is 77.0 cm³/mol.